The van der Waals surface area contributed by atoms with Gasteiger partial charge in [-0.2, -0.15) is 0 Å². The van der Waals surface area contributed by atoms with E-state index < -0.39 is 0 Å². The van der Waals surface area contributed by atoms with E-state index >= 15 is 0 Å². The molecule has 0 radical (unpaired) electrons. The lowest BCUT2D eigenvalue weighted by atomic mass is 10.00. The van der Waals surface area contributed by atoms with E-state index in [0.29, 0.717) is 31.0 Å². The Morgan fingerprint density at radius 3 is 2.81 bits per heavy atom. The van der Waals surface area contributed by atoms with Crippen molar-refractivity contribution in [3.05, 3.63) is 65.5 Å². The number of benzene rings is 2. The maximum atomic E-state index is 13.7. The van der Waals surface area contributed by atoms with E-state index in [1.807, 2.05) is 23.1 Å². The standard InChI is InChI=1S/C21H25FN2O2/c22-18-8-4-6-16(14-18)20-10-2-1-3-12-24(20)21(25)17-7-5-9-19(15-17)26-13-11-23/h4-9,14-15,20H,1-3,10-13,23H2. The van der Waals surface area contributed by atoms with Gasteiger partial charge in [0.1, 0.15) is 18.2 Å². The minimum atomic E-state index is -0.267. The number of halogens is 1. The molecule has 1 aliphatic heterocycles. The van der Waals surface area contributed by atoms with Crippen LogP contribution in [0.5, 0.6) is 5.75 Å². The van der Waals surface area contributed by atoms with E-state index in [0.717, 1.165) is 31.2 Å². The number of hydrogen-bond donors (Lipinski definition) is 1. The van der Waals surface area contributed by atoms with Crippen molar-refractivity contribution in [1.29, 1.82) is 0 Å². The minimum Gasteiger partial charge on any atom is -0.492 e. The molecule has 1 saturated heterocycles. The molecule has 2 aromatic rings. The van der Waals surface area contributed by atoms with Gasteiger partial charge in [0.15, 0.2) is 0 Å². The first-order valence-corrected chi connectivity index (χ1v) is 9.18. The highest BCUT2D eigenvalue weighted by molar-refractivity contribution is 5.95. The molecule has 1 atom stereocenters. The zero-order valence-electron chi connectivity index (χ0n) is 14.9. The Labute approximate surface area is 153 Å². The van der Waals surface area contributed by atoms with Gasteiger partial charge in [0.2, 0.25) is 0 Å². The zero-order valence-corrected chi connectivity index (χ0v) is 14.9. The quantitative estimate of drug-likeness (QED) is 0.883. The molecule has 1 heterocycles. The second kappa shape index (κ2) is 8.81. The van der Waals surface area contributed by atoms with Crippen LogP contribution in [0.3, 0.4) is 0 Å². The Morgan fingerprint density at radius 1 is 1.15 bits per heavy atom. The highest BCUT2D eigenvalue weighted by atomic mass is 19.1. The third-order valence-electron chi connectivity index (χ3n) is 4.71. The lowest BCUT2D eigenvalue weighted by molar-refractivity contribution is 0.0680. The highest BCUT2D eigenvalue weighted by Crippen LogP contribution is 2.32. The number of ether oxygens (including phenoxy) is 1. The number of carbonyl (C=O) groups excluding carboxylic acids is 1. The normalized spacial score (nSPS) is 17.6. The van der Waals surface area contributed by atoms with Crippen LogP contribution in [0.15, 0.2) is 48.5 Å². The van der Waals surface area contributed by atoms with Crippen LogP contribution in [0, 0.1) is 5.82 Å². The van der Waals surface area contributed by atoms with Gasteiger partial charge in [-0.05, 0) is 48.7 Å². The first kappa shape index (κ1) is 18.4. The van der Waals surface area contributed by atoms with Gasteiger partial charge in [-0.3, -0.25) is 4.79 Å². The second-order valence-electron chi connectivity index (χ2n) is 6.58. The predicted octanol–water partition coefficient (Wildman–Crippen LogP) is 3.92. The van der Waals surface area contributed by atoms with Crippen LogP contribution in [0.2, 0.25) is 0 Å². The molecule has 138 valence electrons. The van der Waals surface area contributed by atoms with Crippen molar-refractivity contribution in [1.82, 2.24) is 4.90 Å². The number of rotatable bonds is 5. The molecule has 4 nitrogen and oxygen atoms in total. The van der Waals surface area contributed by atoms with Crippen molar-refractivity contribution in [2.75, 3.05) is 19.7 Å². The Kier molecular flexibility index (Phi) is 6.23. The van der Waals surface area contributed by atoms with Crippen LogP contribution in [0.1, 0.15) is 47.6 Å². The molecule has 2 aromatic carbocycles. The van der Waals surface area contributed by atoms with Gasteiger partial charge in [0, 0.05) is 18.7 Å². The van der Waals surface area contributed by atoms with Gasteiger partial charge in [0.25, 0.3) is 5.91 Å². The van der Waals surface area contributed by atoms with E-state index in [1.165, 1.54) is 12.1 Å². The van der Waals surface area contributed by atoms with E-state index in [-0.39, 0.29) is 17.8 Å². The van der Waals surface area contributed by atoms with Gasteiger partial charge in [-0.25, -0.2) is 4.39 Å². The maximum Gasteiger partial charge on any atom is 0.254 e. The fourth-order valence-corrected chi connectivity index (χ4v) is 3.47. The first-order valence-electron chi connectivity index (χ1n) is 9.18. The number of carbonyl (C=O) groups is 1. The van der Waals surface area contributed by atoms with Gasteiger partial charge >= 0.3 is 0 Å². The van der Waals surface area contributed by atoms with E-state index in [1.54, 1.807) is 18.2 Å². The topological polar surface area (TPSA) is 55.6 Å². The van der Waals surface area contributed by atoms with Gasteiger partial charge in [0.05, 0.1) is 6.04 Å². The Balaban J connectivity index is 1.87. The Bertz CT molecular complexity index is 750. The highest BCUT2D eigenvalue weighted by Gasteiger charge is 2.28. The SMILES string of the molecule is NCCOc1cccc(C(=O)N2CCCCCC2c2cccc(F)c2)c1. The summed E-state index contributed by atoms with van der Waals surface area (Å²) in [6, 6.07) is 13.7. The number of nitrogens with two attached hydrogens (primary N) is 1. The van der Waals surface area contributed by atoms with Crippen molar-refractivity contribution in [2.24, 2.45) is 5.73 Å². The summed E-state index contributed by atoms with van der Waals surface area (Å²) in [7, 11) is 0. The number of amides is 1. The molecule has 3 rings (SSSR count). The van der Waals surface area contributed by atoms with Gasteiger partial charge in [-0.1, -0.05) is 31.0 Å². The minimum absolute atomic E-state index is 0.0423. The van der Waals surface area contributed by atoms with Crippen LogP contribution < -0.4 is 10.5 Å². The van der Waals surface area contributed by atoms with E-state index in [2.05, 4.69) is 0 Å². The maximum absolute atomic E-state index is 13.7. The van der Waals surface area contributed by atoms with Gasteiger partial charge in [-0.15, -0.1) is 0 Å². The van der Waals surface area contributed by atoms with Crippen molar-refractivity contribution >= 4 is 5.91 Å². The molecule has 1 aliphatic rings. The third kappa shape index (κ3) is 4.41. The summed E-state index contributed by atoms with van der Waals surface area (Å²) in [5.74, 6) is 0.328. The van der Waals surface area contributed by atoms with Crippen LogP contribution in [-0.4, -0.2) is 30.5 Å². The molecule has 26 heavy (non-hydrogen) atoms. The largest absolute Gasteiger partial charge is 0.492 e. The Morgan fingerprint density at radius 2 is 2.00 bits per heavy atom. The average molecular weight is 356 g/mol. The molecular formula is C21H25FN2O2. The number of likely N-dealkylation sites (tertiary alicyclic amines) is 1. The first-order chi connectivity index (χ1) is 12.7. The average Bonchev–Trinajstić information content (AvgIpc) is 2.92. The summed E-state index contributed by atoms with van der Waals surface area (Å²) < 4.78 is 19.3. The number of hydrogen-bond acceptors (Lipinski definition) is 3. The third-order valence-corrected chi connectivity index (χ3v) is 4.71. The molecule has 0 saturated carbocycles. The van der Waals surface area contributed by atoms with Crippen LogP contribution >= 0.6 is 0 Å². The molecule has 0 spiro atoms. The second-order valence-corrected chi connectivity index (χ2v) is 6.58. The number of nitrogens with zero attached hydrogens (tertiary/aromatic N) is 1. The lowest BCUT2D eigenvalue weighted by Gasteiger charge is -2.30. The summed E-state index contributed by atoms with van der Waals surface area (Å²) >= 11 is 0. The van der Waals surface area contributed by atoms with Crippen LogP contribution in [-0.2, 0) is 0 Å². The smallest absolute Gasteiger partial charge is 0.254 e. The Hall–Kier alpha value is -2.40. The molecule has 5 heteroatoms. The van der Waals surface area contributed by atoms with Crippen molar-refractivity contribution < 1.29 is 13.9 Å². The van der Waals surface area contributed by atoms with Crippen LogP contribution in [0.25, 0.3) is 0 Å². The summed E-state index contributed by atoms with van der Waals surface area (Å²) in [4.78, 5) is 15.1. The van der Waals surface area contributed by atoms with Crippen molar-refractivity contribution in [2.45, 2.75) is 31.7 Å². The van der Waals surface area contributed by atoms with Crippen molar-refractivity contribution in [3.63, 3.8) is 0 Å². The summed E-state index contributed by atoms with van der Waals surface area (Å²) in [5, 5.41) is 0. The van der Waals surface area contributed by atoms with Gasteiger partial charge < -0.3 is 15.4 Å². The summed E-state index contributed by atoms with van der Waals surface area (Å²) in [5.41, 5.74) is 6.92. The van der Waals surface area contributed by atoms with Crippen molar-refractivity contribution in [3.8, 4) is 5.75 Å². The molecule has 1 fully saturated rings. The van der Waals surface area contributed by atoms with E-state index in [4.69, 9.17) is 10.5 Å². The molecule has 1 amide bonds. The monoisotopic (exact) mass is 356 g/mol. The molecule has 1 unspecified atom stereocenters. The fraction of sp³-hybridized carbons (Fsp3) is 0.381. The molecular weight excluding hydrogens is 331 g/mol. The molecule has 0 aromatic heterocycles. The molecule has 0 aliphatic carbocycles. The fourth-order valence-electron chi connectivity index (χ4n) is 3.47. The lowest BCUT2D eigenvalue weighted by Crippen LogP contribution is -2.34. The zero-order chi connectivity index (χ0) is 18.4. The molecule has 0 bridgehead atoms. The van der Waals surface area contributed by atoms with E-state index in [9.17, 15) is 9.18 Å². The summed E-state index contributed by atoms with van der Waals surface area (Å²) in [6.45, 7) is 1.51. The van der Waals surface area contributed by atoms with Crippen LogP contribution in [0.4, 0.5) is 4.39 Å². The summed E-state index contributed by atoms with van der Waals surface area (Å²) in [6.07, 6.45) is 3.92. The molecule has 2 N–H and O–H groups in total. The predicted molar refractivity (Wildman–Crippen MR) is 99.6 cm³/mol.